The van der Waals surface area contributed by atoms with Crippen molar-refractivity contribution in [2.45, 2.75) is 25.3 Å². The van der Waals surface area contributed by atoms with Gasteiger partial charge in [-0.15, -0.1) is 0 Å². The smallest absolute Gasteiger partial charge is 0.0446 e. The Balaban J connectivity index is 1.66. The van der Waals surface area contributed by atoms with Gasteiger partial charge >= 0.3 is 0 Å². The van der Waals surface area contributed by atoms with E-state index in [2.05, 4.69) is 52.3 Å². The van der Waals surface area contributed by atoms with E-state index in [9.17, 15) is 0 Å². The molecule has 2 aliphatic rings. The molecule has 0 bridgehead atoms. The maximum atomic E-state index is 2.70. The van der Waals surface area contributed by atoms with Crippen LogP contribution in [0.3, 0.4) is 0 Å². The highest BCUT2D eigenvalue weighted by molar-refractivity contribution is 5.94. The fraction of sp³-hybridized carbons (Fsp3) is 0.444. The third-order valence-corrected chi connectivity index (χ3v) is 4.94. The first-order valence-electron chi connectivity index (χ1n) is 7.88. The van der Waals surface area contributed by atoms with Crippen molar-refractivity contribution >= 4 is 16.5 Å². The van der Waals surface area contributed by atoms with Gasteiger partial charge in [-0.2, -0.15) is 0 Å². The summed E-state index contributed by atoms with van der Waals surface area (Å²) in [5.41, 5.74) is 1.42. The van der Waals surface area contributed by atoms with E-state index in [1.165, 1.54) is 61.9 Å². The van der Waals surface area contributed by atoms with E-state index in [4.69, 9.17) is 0 Å². The first-order valence-corrected chi connectivity index (χ1v) is 7.88. The number of hydrogen-bond acceptors (Lipinski definition) is 2. The molecular weight excluding hydrogens is 244 g/mol. The molecule has 2 saturated heterocycles. The Bertz CT molecular complexity index is 602. The molecule has 2 nitrogen and oxygen atoms in total. The van der Waals surface area contributed by atoms with Crippen molar-refractivity contribution in [3.8, 4) is 0 Å². The van der Waals surface area contributed by atoms with Crippen LogP contribution in [0.4, 0.5) is 5.69 Å². The minimum Gasteiger partial charge on any atom is -0.368 e. The van der Waals surface area contributed by atoms with Crippen molar-refractivity contribution in [1.29, 1.82) is 0 Å². The molecule has 2 fully saturated rings. The minimum absolute atomic E-state index is 0.775. The average molecular weight is 266 g/mol. The topological polar surface area (TPSA) is 6.48 Å². The van der Waals surface area contributed by atoms with Crippen LogP contribution in [0.25, 0.3) is 10.8 Å². The monoisotopic (exact) mass is 266 g/mol. The lowest BCUT2D eigenvalue weighted by molar-refractivity contribution is 0.133. The molecule has 0 amide bonds. The quantitative estimate of drug-likeness (QED) is 0.779. The van der Waals surface area contributed by atoms with Crippen LogP contribution in [-0.4, -0.2) is 37.1 Å². The number of piperazine rings is 1. The van der Waals surface area contributed by atoms with E-state index >= 15 is 0 Å². The van der Waals surface area contributed by atoms with Crippen LogP contribution in [0.1, 0.15) is 19.3 Å². The van der Waals surface area contributed by atoms with Gasteiger partial charge in [0.25, 0.3) is 0 Å². The van der Waals surface area contributed by atoms with Crippen LogP contribution in [0.15, 0.2) is 42.5 Å². The van der Waals surface area contributed by atoms with Crippen LogP contribution in [0.5, 0.6) is 0 Å². The van der Waals surface area contributed by atoms with Gasteiger partial charge in [0.1, 0.15) is 0 Å². The molecule has 104 valence electrons. The maximum absolute atomic E-state index is 2.70. The highest BCUT2D eigenvalue weighted by Gasteiger charge is 2.29. The zero-order chi connectivity index (χ0) is 13.4. The number of piperidine rings is 1. The lowest BCUT2D eigenvalue weighted by Crippen LogP contribution is -2.54. The summed E-state index contributed by atoms with van der Waals surface area (Å²) in [5, 5.41) is 2.76. The largest absolute Gasteiger partial charge is 0.368 e. The predicted octanol–water partition coefficient (Wildman–Crippen LogP) is 3.51. The van der Waals surface area contributed by atoms with Crippen LogP contribution >= 0.6 is 0 Å². The van der Waals surface area contributed by atoms with Crippen molar-refractivity contribution in [2.75, 3.05) is 31.1 Å². The minimum atomic E-state index is 0.775. The second kappa shape index (κ2) is 5.10. The summed E-state index contributed by atoms with van der Waals surface area (Å²) < 4.78 is 0. The number of hydrogen-bond donors (Lipinski definition) is 0. The molecule has 2 aromatic carbocycles. The van der Waals surface area contributed by atoms with Gasteiger partial charge in [-0.1, -0.05) is 42.8 Å². The number of fused-ring (bicyclic) bond motifs is 2. The number of nitrogens with zero attached hydrogens (tertiary/aromatic N) is 2. The van der Waals surface area contributed by atoms with E-state index in [-0.39, 0.29) is 0 Å². The summed E-state index contributed by atoms with van der Waals surface area (Å²) >= 11 is 0. The van der Waals surface area contributed by atoms with E-state index in [0.717, 1.165) is 6.04 Å². The predicted molar refractivity (Wildman–Crippen MR) is 85.4 cm³/mol. The second-order valence-corrected chi connectivity index (χ2v) is 6.13. The molecule has 0 saturated carbocycles. The lowest BCUT2D eigenvalue weighted by atomic mass is 9.98. The van der Waals surface area contributed by atoms with E-state index < -0.39 is 0 Å². The second-order valence-electron chi connectivity index (χ2n) is 6.13. The number of benzene rings is 2. The molecule has 2 heteroatoms. The van der Waals surface area contributed by atoms with E-state index in [1.54, 1.807) is 0 Å². The molecule has 20 heavy (non-hydrogen) atoms. The molecule has 4 rings (SSSR count). The lowest BCUT2D eigenvalue weighted by Gasteiger charge is -2.45. The molecule has 1 atom stereocenters. The van der Waals surface area contributed by atoms with Crippen LogP contribution in [-0.2, 0) is 0 Å². The Kier molecular flexibility index (Phi) is 3.12. The molecule has 2 heterocycles. The summed E-state index contributed by atoms with van der Waals surface area (Å²) in [5.74, 6) is 0. The third kappa shape index (κ3) is 2.08. The molecule has 0 aliphatic carbocycles. The Morgan fingerprint density at radius 3 is 2.75 bits per heavy atom. The standard InChI is InChI=1S/C18H22N2/c1-2-9-17-15(6-1)7-5-10-18(17)20-13-12-19-11-4-3-8-16(19)14-20/h1-2,5-7,9-10,16H,3-4,8,11-14H2. The summed E-state index contributed by atoms with van der Waals surface area (Å²) in [6, 6.07) is 16.2. The Morgan fingerprint density at radius 2 is 1.75 bits per heavy atom. The summed E-state index contributed by atoms with van der Waals surface area (Å²) in [4.78, 5) is 5.31. The van der Waals surface area contributed by atoms with Gasteiger partial charge in [-0.25, -0.2) is 0 Å². The third-order valence-electron chi connectivity index (χ3n) is 4.94. The van der Waals surface area contributed by atoms with E-state index in [1.807, 2.05) is 0 Å². The van der Waals surface area contributed by atoms with Gasteiger partial charge < -0.3 is 4.90 Å². The average Bonchev–Trinajstić information content (AvgIpc) is 2.54. The van der Waals surface area contributed by atoms with Crippen molar-refractivity contribution in [3.05, 3.63) is 42.5 Å². The van der Waals surface area contributed by atoms with Gasteiger partial charge in [0.15, 0.2) is 0 Å². The highest BCUT2D eigenvalue weighted by Crippen LogP contribution is 2.30. The van der Waals surface area contributed by atoms with E-state index in [0.29, 0.717) is 0 Å². The first-order chi connectivity index (χ1) is 9.92. The fourth-order valence-electron chi connectivity index (χ4n) is 3.86. The molecule has 0 radical (unpaired) electrons. The van der Waals surface area contributed by atoms with Gasteiger partial charge in [-0.3, -0.25) is 4.90 Å². The van der Waals surface area contributed by atoms with Crippen LogP contribution < -0.4 is 4.90 Å². The number of rotatable bonds is 1. The summed E-state index contributed by atoms with van der Waals surface area (Å²) in [7, 11) is 0. The van der Waals surface area contributed by atoms with Crippen molar-refractivity contribution < 1.29 is 0 Å². The molecule has 0 aromatic heterocycles. The zero-order valence-corrected chi connectivity index (χ0v) is 12.0. The molecule has 1 unspecified atom stereocenters. The first kappa shape index (κ1) is 12.2. The number of anilines is 1. The fourth-order valence-corrected chi connectivity index (χ4v) is 3.86. The normalized spacial score (nSPS) is 23.8. The summed E-state index contributed by atoms with van der Waals surface area (Å²) in [6.07, 6.45) is 4.18. The van der Waals surface area contributed by atoms with Gasteiger partial charge in [-0.05, 0) is 30.8 Å². The maximum Gasteiger partial charge on any atom is 0.0446 e. The zero-order valence-electron chi connectivity index (χ0n) is 12.0. The Morgan fingerprint density at radius 1 is 0.850 bits per heavy atom. The molecule has 0 spiro atoms. The molecule has 2 aliphatic heterocycles. The van der Waals surface area contributed by atoms with Crippen LogP contribution in [0, 0.1) is 0 Å². The van der Waals surface area contributed by atoms with Crippen LogP contribution in [0.2, 0.25) is 0 Å². The molecule has 2 aromatic rings. The van der Waals surface area contributed by atoms with Gasteiger partial charge in [0.2, 0.25) is 0 Å². The van der Waals surface area contributed by atoms with Gasteiger partial charge in [0, 0.05) is 36.7 Å². The van der Waals surface area contributed by atoms with Crippen molar-refractivity contribution in [2.24, 2.45) is 0 Å². The SMILES string of the molecule is c1ccc2c(N3CCN4CCCCC4C3)cccc2c1. The Hall–Kier alpha value is -1.54. The molecule has 0 N–H and O–H groups in total. The van der Waals surface area contributed by atoms with Crippen molar-refractivity contribution in [3.63, 3.8) is 0 Å². The molecular formula is C18H22N2. The summed E-state index contributed by atoms with van der Waals surface area (Å²) in [6.45, 7) is 4.92. The van der Waals surface area contributed by atoms with Gasteiger partial charge in [0.05, 0.1) is 0 Å². The Labute approximate surface area is 121 Å². The highest BCUT2D eigenvalue weighted by atomic mass is 15.3. The van der Waals surface area contributed by atoms with Crippen molar-refractivity contribution in [1.82, 2.24) is 4.90 Å².